The first-order valence-corrected chi connectivity index (χ1v) is 7.12. The smallest absolute Gasteiger partial charge is 0.268 e. The average Bonchev–Trinajstić information content (AvgIpc) is 2.59. The minimum atomic E-state index is -0.782. The zero-order valence-electron chi connectivity index (χ0n) is 12.2. The summed E-state index contributed by atoms with van der Waals surface area (Å²) >= 11 is 5.75. The van der Waals surface area contributed by atoms with Crippen molar-refractivity contribution in [2.45, 2.75) is 0 Å². The van der Waals surface area contributed by atoms with E-state index < -0.39 is 16.7 Å². The highest BCUT2D eigenvalue weighted by atomic mass is 35.5. The van der Waals surface area contributed by atoms with Crippen LogP contribution in [0.2, 0.25) is 5.02 Å². The molecule has 8 heteroatoms. The molecule has 0 spiro atoms. The Morgan fingerprint density at radius 1 is 1.04 bits per heavy atom. The van der Waals surface area contributed by atoms with Crippen LogP contribution in [0.25, 0.3) is 6.08 Å². The van der Waals surface area contributed by atoms with Gasteiger partial charge in [-0.3, -0.25) is 30.6 Å². The third-order valence-corrected chi connectivity index (χ3v) is 3.19. The third-order valence-electron chi connectivity index (χ3n) is 2.94. The van der Waals surface area contributed by atoms with E-state index in [1.807, 2.05) is 0 Å². The van der Waals surface area contributed by atoms with Crippen LogP contribution in [0.1, 0.15) is 15.9 Å². The largest absolute Gasteiger partial charge is 0.282 e. The van der Waals surface area contributed by atoms with E-state index in [1.54, 1.807) is 24.3 Å². The van der Waals surface area contributed by atoms with E-state index in [0.717, 1.165) is 5.56 Å². The molecule has 2 N–H and O–H groups in total. The Labute approximate surface area is 142 Å². The first-order valence-electron chi connectivity index (χ1n) is 6.75. The molecule has 0 heterocycles. The molecule has 2 aromatic rings. The maximum Gasteiger partial charge on any atom is 0.282 e. The fourth-order valence-electron chi connectivity index (χ4n) is 1.80. The first kappa shape index (κ1) is 17.2. The molecule has 0 fully saturated rings. The maximum absolute atomic E-state index is 11.9. The van der Waals surface area contributed by atoms with Crippen LogP contribution in [-0.2, 0) is 4.79 Å². The summed E-state index contributed by atoms with van der Waals surface area (Å²) in [6, 6.07) is 12.2. The van der Waals surface area contributed by atoms with Crippen LogP contribution in [0.5, 0.6) is 0 Å². The van der Waals surface area contributed by atoms with E-state index in [-0.39, 0.29) is 11.3 Å². The molecule has 0 saturated heterocycles. The van der Waals surface area contributed by atoms with Crippen LogP contribution in [0.4, 0.5) is 5.69 Å². The highest BCUT2D eigenvalue weighted by Gasteiger charge is 2.19. The van der Waals surface area contributed by atoms with Crippen molar-refractivity contribution in [3.05, 3.63) is 80.9 Å². The lowest BCUT2D eigenvalue weighted by Gasteiger charge is -2.05. The highest BCUT2D eigenvalue weighted by Crippen LogP contribution is 2.16. The number of rotatable bonds is 4. The monoisotopic (exact) mass is 345 g/mol. The summed E-state index contributed by atoms with van der Waals surface area (Å²) in [5, 5.41) is 11.4. The number of benzene rings is 2. The van der Waals surface area contributed by atoms with Crippen molar-refractivity contribution in [3.8, 4) is 0 Å². The lowest BCUT2D eigenvalue weighted by molar-refractivity contribution is -0.385. The van der Waals surface area contributed by atoms with Gasteiger partial charge in [0, 0.05) is 17.2 Å². The van der Waals surface area contributed by atoms with Crippen LogP contribution in [0, 0.1) is 10.1 Å². The van der Waals surface area contributed by atoms with Crippen molar-refractivity contribution in [2.24, 2.45) is 0 Å². The summed E-state index contributed by atoms with van der Waals surface area (Å²) in [5.41, 5.74) is 4.53. The Balaban J connectivity index is 1.95. The lowest BCUT2D eigenvalue weighted by Crippen LogP contribution is -2.40. The zero-order valence-corrected chi connectivity index (χ0v) is 13.0. The number of carbonyl (C=O) groups excluding carboxylic acids is 2. The van der Waals surface area contributed by atoms with Gasteiger partial charge < -0.3 is 0 Å². The number of amides is 2. The van der Waals surface area contributed by atoms with Gasteiger partial charge in [-0.2, -0.15) is 0 Å². The number of nitrogens with one attached hydrogen (secondary N) is 2. The molecule has 0 saturated carbocycles. The number of nitrogens with zero attached hydrogens (tertiary/aromatic N) is 1. The Bertz CT molecular complexity index is 803. The lowest BCUT2D eigenvalue weighted by atomic mass is 10.2. The van der Waals surface area contributed by atoms with Crippen LogP contribution < -0.4 is 10.9 Å². The second-order valence-corrected chi connectivity index (χ2v) is 5.04. The second kappa shape index (κ2) is 7.89. The number of nitro groups is 1. The van der Waals surface area contributed by atoms with Gasteiger partial charge in [0.15, 0.2) is 0 Å². The quantitative estimate of drug-likeness (QED) is 0.505. The van der Waals surface area contributed by atoms with Crippen molar-refractivity contribution in [1.29, 1.82) is 0 Å². The predicted molar refractivity (Wildman–Crippen MR) is 89.2 cm³/mol. The molecule has 7 nitrogen and oxygen atoms in total. The van der Waals surface area contributed by atoms with Gasteiger partial charge in [0.1, 0.15) is 5.56 Å². The second-order valence-electron chi connectivity index (χ2n) is 4.60. The number of hydrazine groups is 1. The molecular formula is C16H12ClN3O4. The Morgan fingerprint density at radius 2 is 1.71 bits per heavy atom. The molecule has 0 unspecified atom stereocenters. The Kier molecular flexibility index (Phi) is 5.64. The van der Waals surface area contributed by atoms with E-state index in [4.69, 9.17) is 11.6 Å². The summed E-state index contributed by atoms with van der Waals surface area (Å²) in [5.74, 6) is -1.37. The number of para-hydroxylation sites is 1. The summed E-state index contributed by atoms with van der Waals surface area (Å²) in [6.07, 6.45) is 2.74. The van der Waals surface area contributed by atoms with Gasteiger partial charge in [-0.25, -0.2) is 0 Å². The maximum atomic E-state index is 11.9. The Hall–Kier alpha value is -3.19. The summed E-state index contributed by atoms with van der Waals surface area (Å²) in [7, 11) is 0. The number of nitro benzene ring substituents is 1. The van der Waals surface area contributed by atoms with Crippen LogP contribution in [-0.4, -0.2) is 16.7 Å². The predicted octanol–water partition coefficient (Wildman–Crippen LogP) is 2.72. The van der Waals surface area contributed by atoms with Crippen LogP contribution >= 0.6 is 11.6 Å². The van der Waals surface area contributed by atoms with Crippen LogP contribution in [0.15, 0.2) is 54.6 Å². The molecule has 0 bridgehead atoms. The van der Waals surface area contributed by atoms with E-state index in [0.29, 0.717) is 5.02 Å². The number of hydrogen-bond acceptors (Lipinski definition) is 4. The van der Waals surface area contributed by atoms with Crippen molar-refractivity contribution < 1.29 is 14.5 Å². The molecule has 0 aliphatic rings. The molecule has 0 atom stereocenters. The third kappa shape index (κ3) is 4.65. The van der Waals surface area contributed by atoms with Gasteiger partial charge in [0.25, 0.3) is 17.5 Å². The van der Waals surface area contributed by atoms with Gasteiger partial charge >= 0.3 is 0 Å². The fourth-order valence-corrected chi connectivity index (χ4v) is 1.92. The number of halogens is 1. The van der Waals surface area contributed by atoms with Gasteiger partial charge in [-0.1, -0.05) is 35.9 Å². The molecule has 122 valence electrons. The minimum absolute atomic E-state index is 0.149. The highest BCUT2D eigenvalue weighted by molar-refractivity contribution is 6.30. The molecule has 0 aliphatic heterocycles. The number of hydrogen-bond donors (Lipinski definition) is 2. The fraction of sp³-hybridized carbons (Fsp3) is 0. The van der Waals surface area contributed by atoms with Crippen molar-refractivity contribution in [1.82, 2.24) is 10.9 Å². The molecule has 0 radical (unpaired) electrons. The summed E-state index contributed by atoms with van der Waals surface area (Å²) in [4.78, 5) is 33.8. The van der Waals surface area contributed by atoms with E-state index >= 15 is 0 Å². The molecule has 2 amide bonds. The summed E-state index contributed by atoms with van der Waals surface area (Å²) < 4.78 is 0. The van der Waals surface area contributed by atoms with Crippen LogP contribution in [0.3, 0.4) is 0 Å². The minimum Gasteiger partial charge on any atom is -0.268 e. The van der Waals surface area contributed by atoms with Crippen molar-refractivity contribution >= 4 is 35.2 Å². The number of carbonyl (C=O) groups is 2. The van der Waals surface area contributed by atoms with E-state index in [9.17, 15) is 19.7 Å². The summed E-state index contributed by atoms with van der Waals surface area (Å²) in [6.45, 7) is 0. The molecular weight excluding hydrogens is 334 g/mol. The molecule has 24 heavy (non-hydrogen) atoms. The van der Waals surface area contributed by atoms with Crippen molar-refractivity contribution in [2.75, 3.05) is 0 Å². The van der Waals surface area contributed by atoms with E-state index in [2.05, 4.69) is 10.9 Å². The molecule has 2 rings (SSSR count). The molecule has 0 aromatic heterocycles. The standard InChI is InChI=1S/C16H12ClN3O4/c17-12-8-5-11(6-9-12)7-10-15(21)18-19-16(22)13-3-1-2-4-14(13)20(23)24/h1-10H,(H,18,21)(H,19,22)/b10-7+. The van der Waals surface area contributed by atoms with Gasteiger partial charge in [-0.05, 0) is 29.8 Å². The first-order chi connectivity index (χ1) is 11.5. The SMILES string of the molecule is O=C(/C=C/c1ccc(Cl)cc1)NNC(=O)c1ccccc1[N+](=O)[O-]. The van der Waals surface area contributed by atoms with Gasteiger partial charge in [0.2, 0.25) is 0 Å². The van der Waals surface area contributed by atoms with E-state index in [1.165, 1.54) is 36.4 Å². The van der Waals surface area contributed by atoms with Gasteiger partial charge in [-0.15, -0.1) is 0 Å². The Morgan fingerprint density at radius 3 is 2.38 bits per heavy atom. The molecule has 2 aromatic carbocycles. The normalized spacial score (nSPS) is 10.4. The van der Waals surface area contributed by atoms with Gasteiger partial charge in [0.05, 0.1) is 4.92 Å². The topological polar surface area (TPSA) is 101 Å². The van der Waals surface area contributed by atoms with Crippen molar-refractivity contribution in [3.63, 3.8) is 0 Å². The molecule has 0 aliphatic carbocycles. The zero-order chi connectivity index (χ0) is 17.5. The average molecular weight is 346 g/mol.